The van der Waals surface area contributed by atoms with Crippen LogP contribution in [0.15, 0.2) is 88.8 Å². The number of hydrogen-bond donors (Lipinski definition) is 1. The number of nitrogens with one attached hydrogen (secondary N) is 1. The van der Waals surface area contributed by atoms with Gasteiger partial charge in [-0.25, -0.2) is 9.89 Å². The van der Waals surface area contributed by atoms with Gasteiger partial charge in [0.05, 0.1) is 10.9 Å². The Labute approximate surface area is 268 Å². The van der Waals surface area contributed by atoms with Gasteiger partial charge >= 0.3 is 0 Å². The molecule has 232 valence electrons. The number of hydrogen-bond acceptors (Lipinski definition) is 7. The number of aryl methyl sites for hydroxylation is 1. The topological polar surface area (TPSA) is 97.7 Å². The second-order valence-corrected chi connectivity index (χ2v) is 12.5. The molecule has 10 heteroatoms. The van der Waals surface area contributed by atoms with Crippen molar-refractivity contribution in [3.05, 3.63) is 90.0 Å². The van der Waals surface area contributed by atoms with Crippen molar-refractivity contribution in [3.63, 3.8) is 0 Å². The van der Waals surface area contributed by atoms with Gasteiger partial charge in [0.2, 0.25) is 11.8 Å². The molecule has 6 rings (SSSR count). The van der Waals surface area contributed by atoms with Gasteiger partial charge in [-0.05, 0) is 61.2 Å². The van der Waals surface area contributed by atoms with Crippen molar-refractivity contribution in [2.75, 3.05) is 36.4 Å². The molecule has 0 bridgehead atoms. The van der Waals surface area contributed by atoms with Crippen LogP contribution in [0.3, 0.4) is 0 Å². The minimum atomic E-state index is -0.683. The zero-order valence-corrected chi connectivity index (χ0v) is 26.5. The van der Waals surface area contributed by atoms with Crippen LogP contribution in [0.2, 0.25) is 0 Å². The van der Waals surface area contributed by atoms with Crippen LogP contribution in [-0.4, -0.2) is 76.0 Å². The fourth-order valence-electron chi connectivity index (χ4n) is 5.84. The molecule has 3 aromatic carbocycles. The number of amidine groups is 2. The number of piperazine rings is 1. The van der Waals surface area contributed by atoms with Crippen molar-refractivity contribution in [2.24, 2.45) is 9.98 Å². The van der Waals surface area contributed by atoms with Crippen molar-refractivity contribution < 1.29 is 14.4 Å². The Morgan fingerprint density at radius 1 is 0.933 bits per heavy atom. The fraction of sp³-hybridized carbons (Fsp3) is 0.343. The number of thioether (sulfide) groups is 1. The van der Waals surface area contributed by atoms with Crippen LogP contribution in [0.4, 0.5) is 17.1 Å². The maximum absolute atomic E-state index is 13.8. The number of fused-ring (bicyclic) bond motifs is 3. The lowest BCUT2D eigenvalue weighted by atomic mass is 10.1. The van der Waals surface area contributed by atoms with Gasteiger partial charge in [-0.2, -0.15) is 0 Å². The van der Waals surface area contributed by atoms with Crippen molar-refractivity contribution >= 4 is 57.5 Å². The van der Waals surface area contributed by atoms with Gasteiger partial charge in [-0.3, -0.25) is 19.4 Å². The largest absolute Gasteiger partial charge is 0.368 e. The Kier molecular flexibility index (Phi) is 9.30. The van der Waals surface area contributed by atoms with E-state index in [4.69, 9.17) is 9.98 Å². The van der Waals surface area contributed by atoms with E-state index in [1.165, 1.54) is 17.3 Å². The molecular formula is C35H38N6O3S. The second kappa shape index (κ2) is 13.7. The molecule has 1 N–H and O–H groups in total. The summed E-state index contributed by atoms with van der Waals surface area (Å²) in [4.78, 5) is 55.7. The first-order valence-electron chi connectivity index (χ1n) is 15.7. The van der Waals surface area contributed by atoms with Gasteiger partial charge in [-0.1, -0.05) is 68.1 Å². The fourth-order valence-corrected chi connectivity index (χ4v) is 6.86. The number of carbonyl (C=O) groups is 3. The number of anilines is 2. The lowest BCUT2D eigenvalue weighted by molar-refractivity contribution is -0.132. The Bertz CT molecular complexity index is 1620. The van der Waals surface area contributed by atoms with Crippen LogP contribution in [-0.2, 0) is 20.8 Å². The van der Waals surface area contributed by atoms with Gasteiger partial charge in [-0.15, -0.1) is 0 Å². The van der Waals surface area contributed by atoms with Gasteiger partial charge in [0.25, 0.3) is 5.91 Å². The molecule has 3 aromatic rings. The summed E-state index contributed by atoms with van der Waals surface area (Å²) in [5, 5.41) is 2.98. The Balaban J connectivity index is 1.12. The third-order valence-corrected chi connectivity index (χ3v) is 9.79. The van der Waals surface area contributed by atoms with Gasteiger partial charge < -0.3 is 15.1 Å². The molecule has 0 radical (unpaired) electrons. The third kappa shape index (κ3) is 6.66. The van der Waals surface area contributed by atoms with Crippen LogP contribution in [0.5, 0.6) is 0 Å². The van der Waals surface area contributed by atoms with Crippen molar-refractivity contribution in [1.29, 1.82) is 0 Å². The highest BCUT2D eigenvalue weighted by Crippen LogP contribution is 2.36. The molecule has 1 saturated heterocycles. The lowest BCUT2D eigenvalue weighted by Crippen LogP contribution is -2.49. The molecule has 45 heavy (non-hydrogen) atoms. The summed E-state index contributed by atoms with van der Waals surface area (Å²) in [5.41, 5.74) is 4.58. The lowest BCUT2D eigenvalue weighted by Gasteiger charge is -2.36. The molecule has 3 aliphatic heterocycles. The molecule has 2 atom stereocenters. The van der Waals surface area contributed by atoms with Crippen LogP contribution < -0.4 is 10.2 Å². The molecule has 3 heterocycles. The highest BCUT2D eigenvalue weighted by atomic mass is 32.2. The maximum atomic E-state index is 13.8. The van der Waals surface area contributed by atoms with Crippen LogP contribution in [0.1, 0.15) is 44.2 Å². The van der Waals surface area contributed by atoms with Gasteiger partial charge in [0.15, 0.2) is 5.17 Å². The average Bonchev–Trinajstić information content (AvgIpc) is 3.43. The molecule has 0 unspecified atom stereocenters. The van der Waals surface area contributed by atoms with E-state index >= 15 is 0 Å². The van der Waals surface area contributed by atoms with Gasteiger partial charge in [0.1, 0.15) is 11.9 Å². The predicted molar refractivity (Wildman–Crippen MR) is 181 cm³/mol. The summed E-state index contributed by atoms with van der Waals surface area (Å²) >= 11 is 1.27. The van der Waals surface area contributed by atoms with E-state index in [0.717, 1.165) is 36.4 Å². The quantitative estimate of drug-likeness (QED) is 0.341. The number of rotatable bonds is 9. The van der Waals surface area contributed by atoms with Crippen molar-refractivity contribution in [2.45, 2.75) is 50.8 Å². The standard InChI is InChI=1S/C35H38N6O3S/c1-3-24-14-16-25(17-15-24)36-33(43)30(4-2)45-35-38-28-13-9-8-12-27(28)32-37-29(34(44)41(32)35)18-19-31(42)40-22-20-39(21-23-40)26-10-6-5-7-11-26/h5-17,29-30H,3-4,18-23H2,1-2H3,(H,36,43)/t29-,30-/m1/s1. The Morgan fingerprint density at radius 3 is 2.36 bits per heavy atom. The molecular weight excluding hydrogens is 584 g/mol. The first kappa shape index (κ1) is 30.6. The molecule has 9 nitrogen and oxygen atoms in total. The van der Waals surface area contributed by atoms with Gasteiger partial charge in [0, 0.05) is 49.5 Å². The first-order valence-corrected chi connectivity index (χ1v) is 16.6. The second-order valence-electron chi connectivity index (χ2n) is 11.4. The van der Waals surface area contributed by atoms with Crippen LogP contribution in [0, 0.1) is 0 Å². The number of para-hydroxylation sites is 2. The minimum absolute atomic E-state index is 0.0407. The molecule has 1 fully saturated rings. The van der Waals surface area contributed by atoms with E-state index in [1.54, 1.807) is 4.90 Å². The predicted octanol–water partition coefficient (Wildman–Crippen LogP) is 5.49. The van der Waals surface area contributed by atoms with E-state index in [2.05, 4.69) is 29.3 Å². The summed E-state index contributed by atoms with van der Waals surface area (Å²) in [5.74, 6) is 0.220. The molecule has 0 spiro atoms. The molecule has 0 saturated carbocycles. The summed E-state index contributed by atoms with van der Waals surface area (Å²) in [6, 6.07) is 25.0. The minimum Gasteiger partial charge on any atom is -0.368 e. The molecule has 3 amide bonds. The average molecular weight is 623 g/mol. The smallest absolute Gasteiger partial charge is 0.259 e. The first-order chi connectivity index (χ1) is 21.9. The Morgan fingerprint density at radius 2 is 1.64 bits per heavy atom. The summed E-state index contributed by atoms with van der Waals surface area (Å²) in [6.07, 6.45) is 2.04. The molecule has 0 aromatic heterocycles. The number of amides is 3. The molecule has 0 aliphatic carbocycles. The molecule has 3 aliphatic rings. The van der Waals surface area contributed by atoms with E-state index < -0.39 is 11.3 Å². The normalized spacial score (nSPS) is 18.1. The SMILES string of the molecule is CCc1ccc(NC(=O)[C@@H](CC)SC2=Nc3ccccc3C3=N[C@H](CCC(=O)N4CCN(c5ccccc5)CC4)C(=O)N23)cc1. The van der Waals surface area contributed by atoms with E-state index in [9.17, 15) is 14.4 Å². The van der Waals surface area contributed by atoms with E-state index in [1.807, 2.05) is 78.6 Å². The highest BCUT2D eigenvalue weighted by molar-refractivity contribution is 8.15. The van der Waals surface area contributed by atoms with E-state index in [0.29, 0.717) is 42.6 Å². The zero-order chi connectivity index (χ0) is 31.3. The third-order valence-electron chi connectivity index (χ3n) is 8.47. The summed E-state index contributed by atoms with van der Waals surface area (Å²) in [6.45, 7) is 6.89. The van der Waals surface area contributed by atoms with Crippen molar-refractivity contribution in [1.82, 2.24) is 9.80 Å². The summed E-state index contributed by atoms with van der Waals surface area (Å²) in [7, 11) is 0. The van der Waals surface area contributed by atoms with Crippen LogP contribution >= 0.6 is 11.8 Å². The number of nitrogens with zero attached hydrogens (tertiary/aromatic N) is 5. The highest BCUT2D eigenvalue weighted by Gasteiger charge is 2.42. The number of aliphatic imine (C=N–C) groups is 2. The zero-order valence-electron chi connectivity index (χ0n) is 25.7. The van der Waals surface area contributed by atoms with E-state index in [-0.39, 0.29) is 24.1 Å². The summed E-state index contributed by atoms with van der Waals surface area (Å²) < 4.78 is 0. The maximum Gasteiger partial charge on any atom is 0.259 e. The van der Waals surface area contributed by atoms with Crippen molar-refractivity contribution in [3.8, 4) is 0 Å². The monoisotopic (exact) mass is 622 g/mol. The number of carbonyl (C=O) groups excluding carboxylic acids is 3. The Hall–Kier alpha value is -4.44. The van der Waals surface area contributed by atoms with Crippen LogP contribution in [0.25, 0.3) is 0 Å². The number of benzene rings is 3.